The van der Waals surface area contributed by atoms with Crippen LogP contribution >= 0.6 is 0 Å². The number of terminal acetylenes is 1. The molecule has 0 radical (unpaired) electrons. The standard InChI is InChI=1S/C20H13N5O2/c1-3-18(26)24-15-9-17-19(13(10-21)11-22-20(17)23-12-15)25-14-6-5-7-16(8-14)27-4-2/h2-3,5-9,11-12H,1H2,(H,24,26)(H,22,23,25). The van der Waals surface area contributed by atoms with Crippen LogP contribution in [0.5, 0.6) is 5.75 Å². The lowest BCUT2D eigenvalue weighted by atomic mass is 10.1. The van der Waals surface area contributed by atoms with Gasteiger partial charge in [0.25, 0.3) is 0 Å². The number of hydrogen-bond donors (Lipinski definition) is 2. The number of fused-ring (bicyclic) bond motifs is 1. The van der Waals surface area contributed by atoms with Crippen LogP contribution in [0.4, 0.5) is 17.1 Å². The second kappa shape index (κ2) is 7.68. The highest BCUT2D eigenvalue weighted by atomic mass is 16.5. The molecule has 0 aliphatic rings. The van der Waals surface area contributed by atoms with E-state index in [1.54, 1.807) is 30.3 Å². The molecule has 0 unspecified atom stereocenters. The van der Waals surface area contributed by atoms with E-state index in [4.69, 9.17) is 11.2 Å². The smallest absolute Gasteiger partial charge is 0.247 e. The molecule has 1 amide bonds. The maximum Gasteiger partial charge on any atom is 0.247 e. The molecule has 0 saturated carbocycles. The van der Waals surface area contributed by atoms with Crippen molar-refractivity contribution >= 4 is 34.0 Å². The summed E-state index contributed by atoms with van der Waals surface area (Å²) < 4.78 is 5.04. The molecule has 0 aliphatic heterocycles. The van der Waals surface area contributed by atoms with Crippen LogP contribution in [0.2, 0.25) is 0 Å². The fourth-order valence-electron chi connectivity index (χ4n) is 2.41. The van der Waals surface area contributed by atoms with Gasteiger partial charge in [-0.3, -0.25) is 4.79 Å². The zero-order valence-corrected chi connectivity index (χ0v) is 14.1. The van der Waals surface area contributed by atoms with Crippen LogP contribution in [0.15, 0.2) is 55.4 Å². The molecular weight excluding hydrogens is 342 g/mol. The third-order valence-electron chi connectivity index (χ3n) is 3.57. The molecule has 0 aliphatic carbocycles. The Balaban J connectivity index is 2.09. The number of rotatable bonds is 5. The van der Waals surface area contributed by atoms with Crippen molar-refractivity contribution in [1.82, 2.24) is 9.97 Å². The minimum Gasteiger partial charge on any atom is -0.408 e. The summed E-state index contributed by atoms with van der Waals surface area (Å²) in [7, 11) is 0. The molecule has 0 spiro atoms. The summed E-state index contributed by atoms with van der Waals surface area (Å²) in [5.41, 5.74) is 2.36. The fourth-order valence-corrected chi connectivity index (χ4v) is 2.41. The average molecular weight is 355 g/mol. The highest BCUT2D eigenvalue weighted by molar-refractivity contribution is 6.01. The third-order valence-corrected chi connectivity index (χ3v) is 3.57. The zero-order valence-electron chi connectivity index (χ0n) is 14.1. The van der Waals surface area contributed by atoms with Crippen molar-refractivity contribution in [1.29, 1.82) is 5.26 Å². The van der Waals surface area contributed by atoms with Crippen molar-refractivity contribution < 1.29 is 9.53 Å². The van der Waals surface area contributed by atoms with Crippen molar-refractivity contribution in [3.63, 3.8) is 0 Å². The second-order valence-electron chi connectivity index (χ2n) is 5.32. The number of benzene rings is 1. The molecule has 0 bridgehead atoms. The topological polar surface area (TPSA) is 99.9 Å². The van der Waals surface area contributed by atoms with Gasteiger partial charge in [0.15, 0.2) is 5.65 Å². The molecule has 0 saturated heterocycles. The van der Waals surface area contributed by atoms with Crippen molar-refractivity contribution in [2.24, 2.45) is 0 Å². The number of nitrogens with zero attached hydrogens (tertiary/aromatic N) is 3. The number of ether oxygens (including phenoxy) is 1. The van der Waals surface area contributed by atoms with E-state index in [0.29, 0.717) is 39.4 Å². The number of amides is 1. The number of hydrogen-bond acceptors (Lipinski definition) is 6. The first-order valence-corrected chi connectivity index (χ1v) is 7.76. The first-order valence-electron chi connectivity index (χ1n) is 7.76. The van der Waals surface area contributed by atoms with Gasteiger partial charge in [-0.15, -0.1) is 0 Å². The lowest BCUT2D eigenvalue weighted by Crippen LogP contribution is -2.08. The van der Waals surface area contributed by atoms with Gasteiger partial charge in [-0.25, -0.2) is 9.97 Å². The predicted molar refractivity (Wildman–Crippen MR) is 102 cm³/mol. The number of aromatic nitrogens is 2. The zero-order chi connectivity index (χ0) is 19.2. The molecule has 2 N–H and O–H groups in total. The summed E-state index contributed by atoms with van der Waals surface area (Å²) in [6, 6.07) is 10.8. The predicted octanol–water partition coefficient (Wildman–Crippen LogP) is 3.34. The van der Waals surface area contributed by atoms with E-state index in [1.165, 1.54) is 12.4 Å². The Labute approximate surface area is 155 Å². The Morgan fingerprint density at radius 3 is 2.81 bits per heavy atom. The summed E-state index contributed by atoms with van der Waals surface area (Å²) >= 11 is 0. The van der Waals surface area contributed by atoms with Crippen molar-refractivity contribution in [2.75, 3.05) is 10.6 Å². The van der Waals surface area contributed by atoms with Crippen molar-refractivity contribution in [3.05, 3.63) is 60.9 Å². The quantitative estimate of drug-likeness (QED) is 0.538. The molecule has 130 valence electrons. The van der Waals surface area contributed by atoms with Gasteiger partial charge >= 0.3 is 0 Å². The number of nitriles is 1. The van der Waals surface area contributed by atoms with Gasteiger partial charge in [-0.05, 0) is 24.3 Å². The molecule has 3 rings (SSSR count). The maximum atomic E-state index is 11.5. The first-order chi connectivity index (χ1) is 13.1. The van der Waals surface area contributed by atoms with Gasteiger partial charge in [0.05, 0.1) is 23.1 Å². The number of carbonyl (C=O) groups excluding carboxylic acids is 1. The normalized spacial score (nSPS) is 9.70. The van der Waals surface area contributed by atoms with Crippen LogP contribution in [-0.2, 0) is 4.79 Å². The summed E-state index contributed by atoms with van der Waals surface area (Å²) in [6.45, 7) is 3.42. The average Bonchev–Trinajstić information content (AvgIpc) is 2.69. The van der Waals surface area contributed by atoms with Gasteiger partial charge in [0.1, 0.15) is 17.9 Å². The Kier molecular flexibility index (Phi) is 4.97. The summed E-state index contributed by atoms with van der Waals surface area (Å²) in [5, 5.41) is 15.8. The van der Waals surface area contributed by atoms with E-state index in [9.17, 15) is 10.1 Å². The van der Waals surface area contributed by atoms with Crippen molar-refractivity contribution in [2.45, 2.75) is 0 Å². The van der Waals surface area contributed by atoms with Crippen LogP contribution in [0.3, 0.4) is 0 Å². The van der Waals surface area contributed by atoms with E-state index >= 15 is 0 Å². The van der Waals surface area contributed by atoms with Crippen LogP contribution in [0.25, 0.3) is 11.0 Å². The summed E-state index contributed by atoms with van der Waals surface area (Å²) in [6.07, 6.45) is 11.3. The first kappa shape index (κ1) is 17.5. The molecular formula is C20H13N5O2. The monoisotopic (exact) mass is 355 g/mol. The molecule has 7 heteroatoms. The molecule has 3 aromatic rings. The van der Waals surface area contributed by atoms with Gasteiger partial charge in [-0.1, -0.05) is 19.1 Å². The Morgan fingerprint density at radius 2 is 2.07 bits per heavy atom. The molecule has 2 aromatic heterocycles. The lowest BCUT2D eigenvalue weighted by molar-refractivity contribution is -0.111. The van der Waals surface area contributed by atoms with Crippen LogP contribution in [0.1, 0.15) is 5.56 Å². The van der Waals surface area contributed by atoms with E-state index in [1.807, 2.05) is 0 Å². The van der Waals surface area contributed by atoms with Gasteiger partial charge in [0.2, 0.25) is 5.91 Å². The third kappa shape index (κ3) is 3.84. The number of pyridine rings is 2. The molecule has 2 heterocycles. The van der Waals surface area contributed by atoms with Crippen LogP contribution < -0.4 is 15.4 Å². The summed E-state index contributed by atoms with van der Waals surface area (Å²) in [4.78, 5) is 20.0. The van der Waals surface area contributed by atoms with Gasteiger partial charge < -0.3 is 15.4 Å². The Morgan fingerprint density at radius 1 is 1.26 bits per heavy atom. The van der Waals surface area contributed by atoms with Crippen molar-refractivity contribution in [3.8, 4) is 24.3 Å². The minimum atomic E-state index is -0.366. The largest absolute Gasteiger partial charge is 0.408 e. The maximum absolute atomic E-state index is 11.5. The van der Waals surface area contributed by atoms with Crippen LogP contribution in [-0.4, -0.2) is 15.9 Å². The molecule has 0 fully saturated rings. The Bertz CT molecular complexity index is 1130. The second-order valence-corrected chi connectivity index (χ2v) is 5.32. The lowest BCUT2D eigenvalue weighted by Gasteiger charge is -2.12. The van der Waals surface area contributed by atoms with Gasteiger partial charge in [0, 0.05) is 23.3 Å². The van der Waals surface area contributed by atoms with E-state index < -0.39 is 0 Å². The summed E-state index contributed by atoms with van der Waals surface area (Å²) in [5.74, 6) is 0.116. The van der Waals surface area contributed by atoms with Gasteiger partial charge in [-0.2, -0.15) is 5.26 Å². The molecule has 7 nitrogen and oxygen atoms in total. The fraction of sp³-hybridized carbons (Fsp3) is 0. The SMILES string of the molecule is C#COc1cccc(Nc2c(C#N)cnc3ncc(NC(=O)C=C)cc23)c1. The van der Waals surface area contributed by atoms with E-state index in [-0.39, 0.29) is 5.91 Å². The minimum absolute atomic E-state index is 0.319. The van der Waals surface area contributed by atoms with Crippen LogP contribution in [0, 0.1) is 23.9 Å². The number of anilines is 3. The number of carbonyl (C=O) groups is 1. The molecule has 1 aromatic carbocycles. The highest BCUT2D eigenvalue weighted by Crippen LogP contribution is 2.30. The highest BCUT2D eigenvalue weighted by Gasteiger charge is 2.12. The van der Waals surface area contributed by atoms with E-state index in [0.717, 1.165) is 6.08 Å². The molecule has 27 heavy (non-hydrogen) atoms. The molecule has 0 atom stereocenters. The van der Waals surface area contributed by atoms with E-state index in [2.05, 4.69) is 39.4 Å². The Hall–Kier alpha value is -4.36. The number of nitrogens with one attached hydrogen (secondary N) is 2.